The number of imidazole rings is 1. The van der Waals surface area contributed by atoms with Crippen LogP contribution in [0.4, 0.5) is 24.8 Å². The third kappa shape index (κ3) is 2.72. The van der Waals surface area contributed by atoms with Crippen molar-refractivity contribution in [2.75, 3.05) is 10.7 Å². The highest BCUT2D eigenvalue weighted by Gasteiger charge is 2.35. The average molecular weight is 285 g/mol. The third-order valence-corrected chi connectivity index (χ3v) is 2.49. The van der Waals surface area contributed by atoms with Gasteiger partial charge in [-0.1, -0.05) is 6.07 Å². The number of carbonyl (C=O) groups excluding carboxylic acids is 1. The first-order valence-corrected chi connectivity index (χ1v) is 5.41. The molecule has 2 aromatic rings. The second-order valence-electron chi connectivity index (χ2n) is 3.76. The number of para-hydroxylation sites is 1. The van der Waals surface area contributed by atoms with Crippen molar-refractivity contribution in [1.82, 2.24) is 9.97 Å². The van der Waals surface area contributed by atoms with Crippen molar-refractivity contribution in [3.8, 4) is 0 Å². The van der Waals surface area contributed by atoms with Crippen LogP contribution in [0.2, 0.25) is 0 Å². The molecule has 106 valence electrons. The lowest BCUT2D eigenvalue weighted by atomic mass is 10.1. The van der Waals surface area contributed by atoms with Crippen LogP contribution in [0.25, 0.3) is 0 Å². The Labute approximate surface area is 111 Å². The van der Waals surface area contributed by atoms with Gasteiger partial charge in [-0.05, 0) is 12.1 Å². The molecule has 5 N–H and O–H groups in total. The van der Waals surface area contributed by atoms with Gasteiger partial charge in [0.05, 0.1) is 16.8 Å². The lowest BCUT2D eigenvalue weighted by molar-refractivity contribution is -0.137. The number of halogens is 3. The quantitative estimate of drug-likeness (QED) is 0.512. The van der Waals surface area contributed by atoms with E-state index in [1.807, 2.05) is 5.43 Å². The van der Waals surface area contributed by atoms with Crippen molar-refractivity contribution in [3.63, 3.8) is 0 Å². The molecule has 6 nitrogen and oxygen atoms in total. The summed E-state index contributed by atoms with van der Waals surface area (Å²) >= 11 is 0. The molecule has 0 aliphatic carbocycles. The summed E-state index contributed by atoms with van der Waals surface area (Å²) in [5.41, 5.74) is 0.165. The molecule has 0 spiro atoms. The van der Waals surface area contributed by atoms with E-state index in [9.17, 15) is 18.0 Å². The minimum atomic E-state index is -4.62. The molecule has 0 bridgehead atoms. The molecule has 0 saturated carbocycles. The monoisotopic (exact) mass is 285 g/mol. The summed E-state index contributed by atoms with van der Waals surface area (Å²) in [5, 5.41) is 2.32. The van der Waals surface area contributed by atoms with Crippen molar-refractivity contribution in [1.29, 1.82) is 0 Å². The number of nitrogens with zero attached hydrogens (tertiary/aromatic N) is 1. The highest BCUT2D eigenvalue weighted by molar-refractivity contribution is 6.07. The van der Waals surface area contributed by atoms with Crippen molar-refractivity contribution in [2.45, 2.75) is 6.18 Å². The van der Waals surface area contributed by atoms with E-state index < -0.39 is 23.3 Å². The molecule has 0 radical (unpaired) electrons. The van der Waals surface area contributed by atoms with Gasteiger partial charge in [0, 0.05) is 12.4 Å². The molecule has 0 aliphatic rings. The third-order valence-electron chi connectivity index (χ3n) is 2.49. The molecule has 20 heavy (non-hydrogen) atoms. The second-order valence-corrected chi connectivity index (χ2v) is 3.76. The Morgan fingerprint density at radius 2 is 2.10 bits per heavy atom. The normalized spacial score (nSPS) is 11.2. The molecule has 0 atom stereocenters. The van der Waals surface area contributed by atoms with Crippen molar-refractivity contribution >= 4 is 17.5 Å². The topological polar surface area (TPSA) is 95.8 Å². The summed E-state index contributed by atoms with van der Waals surface area (Å²) in [6.45, 7) is 0. The van der Waals surface area contributed by atoms with Crippen LogP contribution in [0.1, 0.15) is 15.9 Å². The number of alkyl halides is 3. The van der Waals surface area contributed by atoms with Crippen LogP contribution in [-0.4, -0.2) is 15.9 Å². The van der Waals surface area contributed by atoms with Gasteiger partial charge in [-0.2, -0.15) is 13.2 Å². The zero-order chi connectivity index (χ0) is 14.8. The smallest absolute Gasteiger partial charge is 0.331 e. The molecule has 0 fully saturated rings. The Bertz CT molecular complexity index is 609. The summed E-state index contributed by atoms with van der Waals surface area (Å²) in [5.74, 6) is 4.46. The van der Waals surface area contributed by atoms with Gasteiger partial charge in [-0.15, -0.1) is 0 Å². The van der Waals surface area contributed by atoms with Crippen LogP contribution >= 0.6 is 0 Å². The van der Waals surface area contributed by atoms with E-state index in [4.69, 9.17) is 5.84 Å². The number of nitrogen functional groups attached to an aromatic ring is 1. The fourth-order valence-corrected chi connectivity index (χ4v) is 1.64. The number of aromatic nitrogens is 2. The van der Waals surface area contributed by atoms with Gasteiger partial charge in [-0.25, -0.2) is 4.98 Å². The van der Waals surface area contributed by atoms with Crippen LogP contribution < -0.4 is 16.6 Å². The summed E-state index contributed by atoms with van der Waals surface area (Å²) in [6.07, 6.45) is -1.77. The van der Waals surface area contributed by atoms with Crippen LogP contribution in [0.3, 0.4) is 0 Å². The number of H-pyrrole nitrogens is 1. The number of aromatic amines is 1. The molecule has 1 aromatic carbocycles. The number of hydrazine groups is 1. The molecular weight excluding hydrogens is 275 g/mol. The average Bonchev–Trinajstić information content (AvgIpc) is 2.89. The highest BCUT2D eigenvalue weighted by atomic mass is 19.4. The highest BCUT2D eigenvalue weighted by Crippen LogP contribution is 2.36. The molecule has 0 aliphatic heterocycles. The minimum Gasteiger partial charge on any atom is -0.331 e. The zero-order valence-electron chi connectivity index (χ0n) is 9.95. The number of hydrogen-bond acceptors (Lipinski definition) is 4. The van der Waals surface area contributed by atoms with Gasteiger partial charge in [0.25, 0.3) is 5.91 Å². The molecular formula is C11H10F3N5O. The van der Waals surface area contributed by atoms with E-state index in [2.05, 4.69) is 15.3 Å². The molecule has 0 unspecified atom stereocenters. The van der Waals surface area contributed by atoms with Gasteiger partial charge in [0.15, 0.2) is 0 Å². The fourth-order valence-electron chi connectivity index (χ4n) is 1.64. The Hall–Kier alpha value is -2.55. The van der Waals surface area contributed by atoms with Crippen molar-refractivity contribution in [2.24, 2.45) is 5.84 Å². The van der Waals surface area contributed by atoms with E-state index in [1.165, 1.54) is 18.5 Å². The molecule has 1 heterocycles. The van der Waals surface area contributed by atoms with Crippen LogP contribution in [0.15, 0.2) is 30.6 Å². The molecule has 2 rings (SSSR count). The minimum absolute atomic E-state index is 0.121. The first-order chi connectivity index (χ1) is 9.43. The maximum Gasteiger partial charge on any atom is 0.418 e. The van der Waals surface area contributed by atoms with Gasteiger partial charge in [0.2, 0.25) is 5.95 Å². The standard InChI is InChI=1S/C11H10F3N5O/c12-11(13,14)7-3-1-2-6(8(7)19-15)9(20)18-10-16-4-5-17-10/h1-5,19H,15H2,(H2,16,17,18,20). The molecule has 0 saturated heterocycles. The number of rotatable bonds is 3. The van der Waals surface area contributed by atoms with E-state index in [-0.39, 0.29) is 11.5 Å². The predicted molar refractivity (Wildman–Crippen MR) is 65.8 cm³/mol. The zero-order valence-corrected chi connectivity index (χ0v) is 9.95. The maximum absolute atomic E-state index is 12.8. The lowest BCUT2D eigenvalue weighted by Crippen LogP contribution is -2.21. The Kier molecular flexibility index (Phi) is 3.61. The molecule has 1 aromatic heterocycles. The SMILES string of the molecule is NNc1c(C(=O)Nc2ncc[nH]2)cccc1C(F)(F)F. The Morgan fingerprint density at radius 1 is 1.35 bits per heavy atom. The number of carbonyl (C=O) groups is 1. The number of benzene rings is 1. The molecule has 1 amide bonds. The predicted octanol–water partition coefficient (Wildman–Crippen LogP) is 1.97. The largest absolute Gasteiger partial charge is 0.418 e. The van der Waals surface area contributed by atoms with E-state index in [1.54, 1.807) is 0 Å². The van der Waals surface area contributed by atoms with E-state index >= 15 is 0 Å². The number of nitrogens with one attached hydrogen (secondary N) is 3. The second kappa shape index (κ2) is 5.21. The van der Waals surface area contributed by atoms with Crippen molar-refractivity contribution < 1.29 is 18.0 Å². The van der Waals surface area contributed by atoms with E-state index in [0.29, 0.717) is 0 Å². The van der Waals surface area contributed by atoms with Crippen LogP contribution in [-0.2, 0) is 6.18 Å². The Balaban J connectivity index is 2.39. The summed E-state index contributed by atoms with van der Waals surface area (Å²) < 4.78 is 38.4. The summed E-state index contributed by atoms with van der Waals surface area (Å²) in [4.78, 5) is 18.3. The Morgan fingerprint density at radius 3 is 2.65 bits per heavy atom. The summed E-state index contributed by atoms with van der Waals surface area (Å²) in [6, 6.07) is 3.18. The van der Waals surface area contributed by atoms with Gasteiger partial charge in [-0.3, -0.25) is 16.0 Å². The number of amides is 1. The summed E-state index contributed by atoms with van der Waals surface area (Å²) in [7, 11) is 0. The molecule has 9 heteroatoms. The first kappa shape index (κ1) is 13.9. The van der Waals surface area contributed by atoms with Crippen LogP contribution in [0, 0.1) is 0 Å². The van der Waals surface area contributed by atoms with Gasteiger partial charge in [0.1, 0.15) is 0 Å². The number of nitrogens with two attached hydrogens (primary N) is 1. The lowest BCUT2D eigenvalue weighted by Gasteiger charge is -2.15. The van der Waals surface area contributed by atoms with Crippen LogP contribution in [0.5, 0.6) is 0 Å². The number of hydrogen-bond donors (Lipinski definition) is 4. The maximum atomic E-state index is 12.8. The first-order valence-electron chi connectivity index (χ1n) is 5.41. The van der Waals surface area contributed by atoms with Gasteiger partial charge < -0.3 is 10.4 Å². The number of anilines is 2. The van der Waals surface area contributed by atoms with Gasteiger partial charge >= 0.3 is 6.18 Å². The van der Waals surface area contributed by atoms with E-state index in [0.717, 1.165) is 12.1 Å². The van der Waals surface area contributed by atoms with Crippen molar-refractivity contribution in [3.05, 3.63) is 41.7 Å². The fraction of sp³-hybridized carbons (Fsp3) is 0.0909.